The van der Waals surface area contributed by atoms with Gasteiger partial charge >= 0.3 is 0 Å². The number of nitrogens with one attached hydrogen (secondary N) is 2. The summed E-state index contributed by atoms with van der Waals surface area (Å²) in [4.78, 5) is 36.1. The van der Waals surface area contributed by atoms with Crippen LogP contribution in [0.2, 0.25) is 0 Å². The molecule has 9 heteroatoms. The Morgan fingerprint density at radius 1 is 1.17 bits per heavy atom. The molecule has 1 aromatic carbocycles. The molecule has 1 atom stereocenters. The third-order valence-electron chi connectivity index (χ3n) is 5.50. The summed E-state index contributed by atoms with van der Waals surface area (Å²) in [5.74, 6) is 0.447. The molecule has 2 aromatic rings. The first-order chi connectivity index (χ1) is 14.4. The predicted octanol–water partition coefficient (Wildman–Crippen LogP) is 1.95. The quantitative estimate of drug-likeness (QED) is 0.668. The number of carbonyl (C=O) groups excluding carboxylic acids is 2. The van der Waals surface area contributed by atoms with Crippen LogP contribution in [0.25, 0.3) is 0 Å². The van der Waals surface area contributed by atoms with Crippen molar-refractivity contribution in [3.63, 3.8) is 0 Å². The molecule has 1 aliphatic carbocycles. The fraction of sp³-hybridized carbons (Fsp3) is 0.429. The van der Waals surface area contributed by atoms with Gasteiger partial charge in [0.1, 0.15) is 5.82 Å². The molecule has 2 fully saturated rings. The largest absolute Gasteiger partial charge is 0.367 e. The van der Waals surface area contributed by atoms with Gasteiger partial charge in [0.25, 0.3) is 5.91 Å². The third kappa shape index (κ3) is 4.45. The minimum atomic E-state index is -0.548. The number of hydrogen-bond acceptors (Lipinski definition) is 7. The summed E-state index contributed by atoms with van der Waals surface area (Å²) in [5.41, 5.74) is 7.68. The lowest BCUT2D eigenvalue weighted by Gasteiger charge is -2.41. The maximum atomic E-state index is 11.6. The predicted molar refractivity (Wildman–Crippen MR) is 116 cm³/mol. The molecule has 2 amide bonds. The van der Waals surface area contributed by atoms with Gasteiger partial charge in [-0.25, -0.2) is 4.98 Å². The van der Waals surface area contributed by atoms with E-state index in [0.717, 1.165) is 43.9 Å². The average molecular weight is 409 g/mol. The molecule has 1 saturated heterocycles. The van der Waals surface area contributed by atoms with E-state index in [9.17, 15) is 9.59 Å². The first-order valence-electron chi connectivity index (χ1n) is 10.2. The van der Waals surface area contributed by atoms with Crippen LogP contribution < -0.4 is 21.3 Å². The first kappa shape index (κ1) is 19.9. The molecule has 30 heavy (non-hydrogen) atoms. The van der Waals surface area contributed by atoms with Gasteiger partial charge in [0.2, 0.25) is 11.9 Å². The Labute approximate surface area is 175 Å². The van der Waals surface area contributed by atoms with Crippen LogP contribution in [-0.2, 0) is 4.79 Å². The smallest absolute Gasteiger partial charge is 0.254 e. The number of rotatable bonds is 6. The Balaban J connectivity index is 1.45. The summed E-state index contributed by atoms with van der Waals surface area (Å²) in [6, 6.07) is 8.63. The molecule has 1 saturated carbocycles. The Morgan fingerprint density at radius 3 is 2.50 bits per heavy atom. The summed E-state index contributed by atoms with van der Waals surface area (Å²) in [5, 5.41) is 6.42. The van der Waals surface area contributed by atoms with Crippen LogP contribution in [0.4, 0.5) is 23.1 Å². The Kier molecular flexibility index (Phi) is 5.43. The average Bonchev–Trinajstić information content (AvgIpc) is 3.52. The van der Waals surface area contributed by atoms with Gasteiger partial charge in [-0.2, -0.15) is 4.98 Å². The van der Waals surface area contributed by atoms with E-state index in [2.05, 4.69) is 32.4 Å². The fourth-order valence-electron chi connectivity index (χ4n) is 3.65. The first-order valence-corrected chi connectivity index (χ1v) is 10.2. The second-order valence-electron chi connectivity index (χ2n) is 7.92. The van der Waals surface area contributed by atoms with Gasteiger partial charge in [-0.15, -0.1) is 0 Å². The molecule has 2 aliphatic rings. The van der Waals surface area contributed by atoms with Gasteiger partial charge in [0.15, 0.2) is 0 Å². The molecule has 0 radical (unpaired) electrons. The normalized spacial score (nSPS) is 18.8. The van der Waals surface area contributed by atoms with E-state index in [1.807, 2.05) is 29.2 Å². The highest BCUT2D eigenvalue weighted by atomic mass is 16.2. The summed E-state index contributed by atoms with van der Waals surface area (Å²) in [7, 11) is 0. The van der Waals surface area contributed by atoms with E-state index >= 15 is 0 Å². The van der Waals surface area contributed by atoms with Gasteiger partial charge in [-0.1, -0.05) is 0 Å². The van der Waals surface area contributed by atoms with E-state index in [1.54, 1.807) is 6.92 Å². The lowest BCUT2D eigenvalue weighted by molar-refractivity contribution is -0.129. The lowest BCUT2D eigenvalue weighted by Crippen LogP contribution is -2.53. The fourth-order valence-corrected chi connectivity index (χ4v) is 3.65. The number of anilines is 4. The van der Waals surface area contributed by atoms with E-state index in [0.29, 0.717) is 23.4 Å². The molecule has 1 aromatic heterocycles. The Hall–Kier alpha value is -3.36. The zero-order valence-electron chi connectivity index (χ0n) is 17.3. The monoisotopic (exact) mass is 409 g/mol. The van der Waals surface area contributed by atoms with Crippen LogP contribution >= 0.6 is 0 Å². The van der Waals surface area contributed by atoms with Crippen LogP contribution in [-0.4, -0.2) is 58.4 Å². The van der Waals surface area contributed by atoms with E-state index < -0.39 is 5.91 Å². The minimum absolute atomic E-state index is 0.124. The van der Waals surface area contributed by atoms with E-state index in [1.165, 1.54) is 6.20 Å². The molecule has 0 spiro atoms. The van der Waals surface area contributed by atoms with Crippen molar-refractivity contribution in [2.24, 2.45) is 5.73 Å². The molecule has 4 N–H and O–H groups in total. The standard InChI is InChI=1S/C21H27N7O2/c1-13-12-27(14(2)29)9-10-28(13)17-7-5-16(6-8-17)25-21-23-11-18(19(22)30)20(26-21)24-15-3-4-15/h5-8,11,13,15H,3-4,9-10,12H2,1-2H3,(H2,22,30)(H2,23,24,25,26)/t13-/m0/s1. The van der Waals surface area contributed by atoms with E-state index in [-0.39, 0.29) is 11.9 Å². The van der Waals surface area contributed by atoms with Gasteiger partial charge in [0, 0.05) is 56.2 Å². The van der Waals surface area contributed by atoms with Crippen LogP contribution in [0.5, 0.6) is 0 Å². The van der Waals surface area contributed by atoms with Crippen molar-refractivity contribution in [2.45, 2.75) is 38.8 Å². The number of hydrogen-bond donors (Lipinski definition) is 3. The number of primary amides is 1. The molecule has 1 aliphatic heterocycles. The summed E-state index contributed by atoms with van der Waals surface area (Å²) in [6.45, 7) is 6.01. The number of amides is 2. The second-order valence-corrected chi connectivity index (χ2v) is 7.92. The zero-order chi connectivity index (χ0) is 21.3. The highest BCUT2D eigenvalue weighted by molar-refractivity contribution is 5.97. The van der Waals surface area contributed by atoms with Gasteiger partial charge < -0.3 is 26.2 Å². The number of nitrogens with zero attached hydrogens (tertiary/aromatic N) is 4. The Morgan fingerprint density at radius 2 is 1.90 bits per heavy atom. The minimum Gasteiger partial charge on any atom is -0.367 e. The molecule has 2 heterocycles. The summed E-state index contributed by atoms with van der Waals surface area (Å²) >= 11 is 0. The summed E-state index contributed by atoms with van der Waals surface area (Å²) in [6.07, 6.45) is 3.57. The van der Waals surface area contributed by atoms with Crippen molar-refractivity contribution in [3.05, 3.63) is 36.0 Å². The number of nitrogens with two attached hydrogens (primary N) is 1. The highest BCUT2D eigenvalue weighted by Crippen LogP contribution is 2.27. The topological polar surface area (TPSA) is 116 Å². The van der Waals surface area contributed by atoms with Gasteiger partial charge in [-0.05, 0) is 44.0 Å². The van der Waals surface area contributed by atoms with Crippen LogP contribution in [0.3, 0.4) is 0 Å². The number of benzene rings is 1. The van der Waals surface area contributed by atoms with Gasteiger partial charge in [0.05, 0.1) is 5.56 Å². The number of carbonyl (C=O) groups is 2. The third-order valence-corrected chi connectivity index (χ3v) is 5.50. The molecule has 0 bridgehead atoms. The molecule has 9 nitrogen and oxygen atoms in total. The van der Waals surface area contributed by atoms with Crippen molar-refractivity contribution in [1.29, 1.82) is 0 Å². The van der Waals surface area contributed by atoms with Crippen molar-refractivity contribution in [2.75, 3.05) is 35.2 Å². The second kappa shape index (κ2) is 8.17. The molecule has 158 valence electrons. The maximum Gasteiger partial charge on any atom is 0.254 e. The van der Waals surface area contributed by atoms with Gasteiger partial charge in [-0.3, -0.25) is 9.59 Å². The number of aromatic nitrogens is 2. The SMILES string of the molecule is CC(=O)N1CCN(c2ccc(Nc3ncc(C(N)=O)c(NC4CC4)n3)cc2)[C@@H](C)C1. The van der Waals surface area contributed by atoms with Crippen LogP contribution in [0.1, 0.15) is 37.0 Å². The maximum absolute atomic E-state index is 11.6. The molecular weight excluding hydrogens is 382 g/mol. The molecular formula is C21H27N7O2. The van der Waals surface area contributed by atoms with Crippen molar-refractivity contribution < 1.29 is 9.59 Å². The highest BCUT2D eigenvalue weighted by Gasteiger charge is 2.26. The lowest BCUT2D eigenvalue weighted by atomic mass is 10.1. The van der Waals surface area contributed by atoms with Crippen LogP contribution in [0.15, 0.2) is 30.5 Å². The van der Waals surface area contributed by atoms with E-state index in [4.69, 9.17) is 5.73 Å². The van der Waals surface area contributed by atoms with Crippen molar-refractivity contribution in [3.8, 4) is 0 Å². The summed E-state index contributed by atoms with van der Waals surface area (Å²) < 4.78 is 0. The van der Waals surface area contributed by atoms with Crippen molar-refractivity contribution in [1.82, 2.24) is 14.9 Å². The Bertz CT molecular complexity index is 943. The number of piperazine rings is 1. The van der Waals surface area contributed by atoms with Crippen molar-refractivity contribution >= 4 is 35.0 Å². The zero-order valence-corrected chi connectivity index (χ0v) is 17.3. The van der Waals surface area contributed by atoms with Crippen LogP contribution in [0, 0.1) is 0 Å². The molecule has 0 unspecified atom stereocenters. The molecule has 4 rings (SSSR count).